The molecule has 0 amide bonds. The first-order chi connectivity index (χ1) is 14.6. The second-order valence-corrected chi connectivity index (χ2v) is 7.24. The molecule has 0 spiro atoms. The Labute approximate surface area is 175 Å². The summed E-state index contributed by atoms with van der Waals surface area (Å²) < 4.78 is 25.2. The van der Waals surface area contributed by atoms with Crippen LogP contribution in [0.25, 0.3) is 11.0 Å². The molecular formula is C24H24FN3O2. The van der Waals surface area contributed by atoms with E-state index < -0.39 is 0 Å². The van der Waals surface area contributed by atoms with Gasteiger partial charge in [-0.15, -0.1) is 0 Å². The zero-order valence-corrected chi connectivity index (χ0v) is 17.1. The van der Waals surface area contributed by atoms with Gasteiger partial charge in [-0.25, -0.2) is 9.37 Å². The number of ether oxygens (including phenoxy) is 2. The third-order valence-corrected chi connectivity index (χ3v) is 4.88. The molecule has 0 radical (unpaired) electrons. The zero-order chi connectivity index (χ0) is 20.9. The van der Waals surface area contributed by atoms with E-state index in [0.29, 0.717) is 30.2 Å². The maximum absolute atomic E-state index is 13.9. The van der Waals surface area contributed by atoms with Crippen LogP contribution in [0.3, 0.4) is 0 Å². The van der Waals surface area contributed by atoms with E-state index >= 15 is 0 Å². The lowest BCUT2D eigenvalue weighted by atomic mass is 10.2. The molecule has 0 aliphatic heterocycles. The van der Waals surface area contributed by atoms with Gasteiger partial charge in [0.05, 0.1) is 24.7 Å². The maximum Gasteiger partial charge on any atom is 0.161 e. The van der Waals surface area contributed by atoms with Crippen molar-refractivity contribution in [3.8, 4) is 11.5 Å². The molecule has 4 rings (SSSR count). The van der Waals surface area contributed by atoms with Crippen molar-refractivity contribution in [3.63, 3.8) is 0 Å². The molecule has 0 unspecified atom stereocenters. The highest BCUT2D eigenvalue weighted by Gasteiger charge is 2.11. The van der Waals surface area contributed by atoms with Crippen molar-refractivity contribution in [3.05, 3.63) is 89.5 Å². The van der Waals surface area contributed by atoms with Crippen LogP contribution in [-0.2, 0) is 19.7 Å². The minimum absolute atomic E-state index is 0.140. The number of imidazole rings is 1. The van der Waals surface area contributed by atoms with Gasteiger partial charge in [0, 0.05) is 12.1 Å². The molecule has 6 heteroatoms. The molecule has 1 heterocycles. The summed E-state index contributed by atoms with van der Waals surface area (Å²) in [7, 11) is 3.63. The van der Waals surface area contributed by atoms with Crippen LogP contribution in [0, 0.1) is 5.82 Å². The predicted molar refractivity (Wildman–Crippen MR) is 115 cm³/mol. The monoisotopic (exact) mass is 405 g/mol. The van der Waals surface area contributed by atoms with Crippen molar-refractivity contribution in [2.24, 2.45) is 0 Å². The van der Waals surface area contributed by atoms with Crippen LogP contribution in [0.1, 0.15) is 17.0 Å². The van der Waals surface area contributed by atoms with Gasteiger partial charge in [-0.1, -0.05) is 36.4 Å². The van der Waals surface area contributed by atoms with Gasteiger partial charge in [-0.3, -0.25) is 4.90 Å². The molecule has 5 nitrogen and oxygen atoms in total. The third kappa shape index (κ3) is 4.60. The van der Waals surface area contributed by atoms with Crippen LogP contribution < -0.4 is 9.47 Å². The van der Waals surface area contributed by atoms with E-state index in [2.05, 4.69) is 14.9 Å². The van der Waals surface area contributed by atoms with Crippen LogP contribution in [0.5, 0.6) is 11.5 Å². The fraction of sp³-hybridized carbons (Fsp3) is 0.208. The number of hydrogen-bond donors (Lipinski definition) is 1. The molecule has 0 saturated heterocycles. The summed E-state index contributed by atoms with van der Waals surface area (Å²) in [5.74, 6) is 1.85. The first kappa shape index (κ1) is 19.9. The molecule has 1 aromatic heterocycles. The van der Waals surface area contributed by atoms with Crippen molar-refractivity contribution in [2.45, 2.75) is 19.7 Å². The number of halogens is 1. The average Bonchev–Trinajstić information content (AvgIpc) is 3.15. The molecule has 4 aromatic rings. The highest BCUT2D eigenvalue weighted by molar-refractivity contribution is 5.74. The third-order valence-electron chi connectivity index (χ3n) is 4.88. The smallest absolute Gasteiger partial charge is 0.161 e. The molecule has 0 aliphatic carbocycles. The van der Waals surface area contributed by atoms with Crippen molar-refractivity contribution >= 4 is 11.0 Å². The van der Waals surface area contributed by atoms with Gasteiger partial charge < -0.3 is 14.5 Å². The number of rotatable bonds is 8. The Kier molecular flexibility index (Phi) is 5.95. The van der Waals surface area contributed by atoms with E-state index in [9.17, 15) is 4.39 Å². The van der Waals surface area contributed by atoms with Crippen molar-refractivity contribution in [1.82, 2.24) is 14.9 Å². The van der Waals surface area contributed by atoms with Crippen LogP contribution in [-0.4, -0.2) is 29.0 Å². The molecule has 1 N–H and O–H groups in total. The Bertz CT molecular complexity index is 1110. The highest BCUT2D eigenvalue weighted by Crippen LogP contribution is 2.29. The van der Waals surface area contributed by atoms with Crippen LogP contribution in [0.2, 0.25) is 0 Å². The van der Waals surface area contributed by atoms with E-state index in [1.807, 2.05) is 49.5 Å². The summed E-state index contributed by atoms with van der Waals surface area (Å²) in [5, 5.41) is 0. The summed E-state index contributed by atoms with van der Waals surface area (Å²) >= 11 is 0. The molecular weight excluding hydrogens is 381 g/mol. The van der Waals surface area contributed by atoms with E-state index in [1.165, 1.54) is 6.07 Å². The molecule has 3 aromatic carbocycles. The summed E-state index contributed by atoms with van der Waals surface area (Å²) in [4.78, 5) is 10.2. The summed E-state index contributed by atoms with van der Waals surface area (Å²) in [6.45, 7) is 1.53. The van der Waals surface area contributed by atoms with Gasteiger partial charge in [-0.05, 0) is 42.9 Å². The molecule has 0 atom stereocenters. The summed E-state index contributed by atoms with van der Waals surface area (Å²) in [6, 6.07) is 20.4. The number of methoxy groups -OCH3 is 1. The molecule has 30 heavy (non-hydrogen) atoms. The van der Waals surface area contributed by atoms with Crippen LogP contribution in [0.15, 0.2) is 66.7 Å². The predicted octanol–water partition coefficient (Wildman–Crippen LogP) is 4.92. The largest absolute Gasteiger partial charge is 0.493 e. The highest BCUT2D eigenvalue weighted by atomic mass is 19.1. The number of hydrogen-bond acceptors (Lipinski definition) is 4. The van der Waals surface area contributed by atoms with Crippen LogP contribution in [0.4, 0.5) is 4.39 Å². The lowest BCUT2D eigenvalue weighted by Crippen LogP contribution is -2.18. The van der Waals surface area contributed by atoms with Gasteiger partial charge in [0.15, 0.2) is 11.5 Å². The lowest BCUT2D eigenvalue weighted by molar-refractivity contribution is 0.277. The van der Waals surface area contributed by atoms with Gasteiger partial charge in [0.1, 0.15) is 18.2 Å². The molecule has 154 valence electrons. The van der Waals surface area contributed by atoms with E-state index in [1.54, 1.807) is 25.3 Å². The SMILES string of the molecule is COc1ccc(CN(C)Cc2nc3ccccc3[nH]2)cc1OCc1ccccc1F. The Hall–Kier alpha value is -3.38. The second kappa shape index (κ2) is 8.97. The number of benzene rings is 3. The Morgan fingerprint density at radius 2 is 1.77 bits per heavy atom. The van der Waals surface area contributed by atoms with Gasteiger partial charge in [0.2, 0.25) is 0 Å². The van der Waals surface area contributed by atoms with Crippen LogP contribution >= 0.6 is 0 Å². The zero-order valence-electron chi connectivity index (χ0n) is 17.1. The Morgan fingerprint density at radius 3 is 2.57 bits per heavy atom. The van der Waals surface area contributed by atoms with Gasteiger partial charge in [0.25, 0.3) is 0 Å². The van der Waals surface area contributed by atoms with Crippen molar-refractivity contribution in [2.75, 3.05) is 14.2 Å². The summed E-state index contributed by atoms with van der Waals surface area (Å²) in [5.41, 5.74) is 3.58. The lowest BCUT2D eigenvalue weighted by Gasteiger charge is -2.17. The minimum atomic E-state index is -0.279. The van der Waals surface area contributed by atoms with E-state index in [0.717, 1.165) is 22.4 Å². The van der Waals surface area contributed by atoms with E-state index in [-0.39, 0.29) is 12.4 Å². The maximum atomic E-state index is 13.9. The number of aromatic amines is 1. The Morgan fingerprint density at radius 1 is 0.967 bits per heavy atom. The van der Waals surface area contributed by atoms with Gasteiger partial charge in [-0.2, -0.15) is 0 Å². The molecule has 0 fully saturated rings. The quantitative estimate of drug-likeness (QED) is 0.452. The fourth-order valence-electron chi connectivity index (χ4n) is 3.41. The van der Waals surface area contributed by atoms with Crippen molar-refractivity contribution in [1.29, 1.82) is 0 Å². The number of nitrogens with one attached hydrogen (secondary N) is 1. The summed E-state index contributed by atoms with van der Waals surface area (Å²) in [6.07, 6.45) is 0. The van der Waals surface area contributed by atoms with Crippen molar-refractivity contribution < 1.29 is 13.9 Å². The Balaban J connectivity index is 1.44. The van der Waals surface area contributed by atoms with Gasteiger partial charge >= 0.3 is 0 Å². The minimum Gasteiger partial charge on any atom is -0.493 e. The number of H-pyrrole nitrogens is 1. The number of para-hydroxylation sites is 2. The fourth-order valence-corrected chi connectivity index (χ4v) is 3.41. The second-order valence-electron chi connectivity index (χ2n) is 7.24. The normalized spacial score (nSPS) is 11.2. The topological polar surface area (TPSA) is 50.4 Å². The first-order valence-electron chi connectivity index (χ1n) is 9.77. The molecule has 0 saturated carbocycles. The molecule has 0 bridgehead atoms. The average molecular weight is 405 g/mol. The van der Waals surface area contributed by atoms with E-state index in [4.69, 9.17) is 9.47 Å². The first-order valence-corrected chi connectivity index (χ1v) is 9.77. The number of aromatic nitrogens is 2. The molecule has 0 aliphatic rings. The standard InChI is InChI=1S/C24H24FN3O2/c1-28(15-24-26-20-9-5-6-10-21(20)27-24)14-17-11-12-22(29-2)23(13-17)30-16-18-7-3-4-8-19(18)25/h3-13H,14-16H2,1-2H3,(H,26,27). The number of fused-ring (bicyclic) bond motifs is 1. The number of nitrogens with zero attached hydrogens (tertiary/aromatic N) is 2.